The Kier molecular flexibility index (Phi) is 5.50. The Morgan fingerprint density at radius 2 is 1.89 bits per heavy atom. The molecule has 1 saturated heterocycles. The number of fused-ring (bicyclic) bond motifs is 1. The number of rotatable bonds is 5. The highest BCUT2D eigenvalue weighted by Crippen LogP contribution is 2.37. The Bertz CT molecular complexity index is 241. The monoisotopic (exact) mass is 252 g/mol. The largest absolute Gasteiger partial charge is 0.329 e. The third-order valence-corrected chi connectivity index (χ3v) is 5.43. The van der Waals surface area contributed by atoms with E-state index < -0.39 is 0 Å². The lowest BCUT2D eigenvalue weighted by Gasteiger charge is -2.45. The number of hydrogen-bond donors (Lipinski definition) is 1. The van der Waals surface area contributed by atoms with Crippen molar-refractivity contribution in [2.75, 3.05) is 19.6 Å². The van der Waals surface area contributed by atoms with Crippen molar-refractivity contribution in [2.24, 2.45) is 23.5 Å². The third kappa shape index (κ3) is 3.27. The van der Waals surface area contributed by atoms with Crippen LogP contribution in [0.2, 0.25) is 0 Å². The average molecular weight is 252 g/mol. The fraction of sp³-hybridized carbons (Fsp3) is 1.00. The van der Waals surface area contributed by atoms with E-state index in [0.29, 0.717) is 6.04 Å². The molecule has 2 nitrogen and oxygen atoms in total. The van der Waals surface area contributed by atoms with E-state index in [-0.39, 0.29) is 0 Å². The fourth-order valence-electron chi connectivity index (χ4n) is 4.32. The molecule has 0 aromatic heterocycles. The molecular weight excluding hydrogens is 220 g/mol. The molecule has 1 aliphatic carbocycles. The first-order valence-electron chi connectivity index (χ1n) is 8.20. The number of nitrogens with zero attached hydrogens (tertiary/aromatic N) is 1. The highest BCUT2D eigenvalue weighted by Gasteiger charge is 2.34. The molecule has 2 rings (SSSR count). The molecule has 4 unspecified atom stereocenters. The van der Waals surface area contributed by atoms with E-state index in [1.807, 2.05) is 0 Å². The second kappa shape index (κ2) is 6.91. The molecule has 106 valence electrons. The SMILES string of the molecule is CCCC(C)C(CN)N1CCC2CCCCC2C1. The van der Waals surface area contributed by atoms with Gasteiger partial charge in [-0.15, -0.1) is 0 Å². The van der Waals surface area contributed by atoms with E-state index in [1.165, 1.54) is 58.0 Å². The summed E-state index contributed by atoms with van der Waals surface area (Å²) in [5.41, 5.74) is 6.06. The second-order valence-electron chi connectivity index (χ2n) is 6.66. The van der Waals surface area contributed by atoms with Gasteiger partial charge in [0.2, 0.25) is 0 Å². The van der Waals surface area contributed by atoms with Crippen LogP contribution < -0.4 is 5.73 Å². The minimum atomic E-state index is 0.632. The molecule has 2 fully saturated rings. The summed E-state index contributed by atoms with van der Waals surface area (Å²) in [5, 5.41) is 0. The van der Waals surface area contributed by atoms with Crippen molar-refractivity contribution in [3.63, 3.8) is 0 Å². The van der Waals surface area contributed by atoms with Crippen LogP contribution in [0, 0.1) is 17.8 Å². The molecule has 0 radical (unpaired) electrons. The van der Waals surface area contributed by atoms with E-state index in [2.05, 4.69) is 18.7 Å². The Hall–Kier alpha value is -0.0800. The zero-order valence-corrected chi connectivity index (χ0v) is 12.4. The predicted molar refractivity (Wildman–Crippen MR) is 78.6 cm³/mol. The number of hydrogen-bond acceptors (Lipinski definition) is 2. The van der Waals surface area contributed by atoms with Crippen LogP contribution in [0.5, 0.6) is 0 Å². The Balaban J connectivity index is 1.91. The van der Waals surface area contributed by atoms with E-state index in [9.17, 15) is 0 Å². The zero-order chi connectivity index (χ0) is 13.0. The van der Waals surface area contributed by atoms with Gasteiger partial charge in [0.05, 0.1) is 0 Å². The number of piperidine rings is 1. The lowest BCUT2D eigenvalue weighted by atomic mass is 9.74. The van der Waals surface area contributed by atoms with Crippen molar-refractivity contribution < 1.29 is 0 Å². The van der Waals surface area contributed by atoms with Crippen molar-refractivity contribution in [2.45, 2.75) is 64.8 Å². The quantitative estimate of drug-likeness (QED) is 0.814. The summed E-state index contributed by atoms with van der Waals surface area (Å²) in [4.78, 5) is 2.73. The van der Waals surface area contributed by atoms with Crippen LogP contribution in [0.15, 0.2) is 0 Å². The van der Waals surface area contributed by atoms with Gasteiger partial charge < -0.3 is 5.73 Å². The van der Waals surface area contributed by atoms with Crippen molar-refractivity contribution in [3.8, 4) is 0 Å². The van der Waals surface area contributed by atoms with E-state index >= 15 is 0 Å². The van der Waals surface area contributed by atoms with Gasteiger partial charge in [-0.05, 0) is 43.6 Å². The summed E-state index contributed by atoms with van der Waals surface area (Å²) in [7, 11) is 0. The smallest absolute Gasteiger partial charge is 0.0244 e. The maximum Gasteiger partial charge on any atom is 0.0244 e. The first-order valence-corrected chi connectivity index (χ1v) is 8.20. The third-order valence-electron chi connectivity index (χ3n) is 5.43. The molecule has 0 amide bonds. The van der Waals surface area contributed by atoms with Crippen molar-refractivity contribution in [3.05, 3.63) is 0 Å². The molecule has 1 aliphatic heterocycles. The van der Waals surface area contributed by atoms with Gasteiger partial charge >= 0.3 is 0 Å². The fourth-order valence-corrected chi connectivity index (χ4v) is 4.32. The summed E-state index contributed by atoms with van der Waals surface area (Å²) in [6.45, 7) is 8.17. The van der Waals surface area contributed by atoms with Crippen molar-refractivity contribution in [1.82, 2.24) is 4.90 Å². The molecule has 2 heteroatoms. The molecule has 4 atom stereocenters. The Labute approximate surface area is 113 Å². The van der Waals surface area contributed by atoms with Gasteiger partial charge in [-0.1, -0.05) is 39.5 Å². The summed E-state index contributed by atoms with van der Waals surface area (Å²) < 4.78 is 0. The highest BCUT2D eigenvalue weighted by atomic mass is 15.2. The van der Waals surface area contributed by atoms with Crippen LogP contribution in [-0.4, -0.2) is 30.6 Å². The predicted octanol–water partition coefficient (Wildman–Crippen LogP) is 3.26. The van der Waals surface area contributed by atoms with Crippen LogP contribution in [0.1, 0.15) is 58.8 Å². The summed E-state index contributed by atoms with van der Waals surface area (Å²) in [5.74, 6) is 2.78. The maximum atomic E-state index is 6.06. The zero-order valence-electron chi connectivity index (χ0n) is 12.4. The van der Waals surface area contributed by atoms with Crippen LogP contribution in [0.4, 0.5) is 0 Å². The Morgan fingerprint density at radius 3 is 2.56 bits per heavy atom. The number of nitrogens with two attached hydrogens (primary N) is 1. The van der Waals surface area contributed by atoms with Crippen LogP contribution >= 0.6 is 0 Å². The molecule has 0 aromatic rings. The van der Waals surface area contributed by atoms with Gasteiger partial charge in [0.1, 0.15) is 0 Å². The van der Waals surface area contributed by atoms with E-state index in [1.54, 1.807) is 0 Å². The van der Waals surface area contributed by atoms with Crippen LogP contribution in [-0.2, 0) is 0 Å². The number of likely N-dealkylation sites (tertiary alicyclic amines) is 1. The normalized spacial score (nSPS) is 32.8. The summed E-state index contributed by atoms with van der Waals surface area (Å²) in [6.07, 6.45) is 9.96. The Morgan fingerprint density at radius 1 is 1.17 bits per heavy atom. The van der Waals surface area contributed by atoms with Crippen molar-refractivity contribution >= 4 is 0 Å². The van der Waals surface area contributed by atoms with Gasteiger partial charge in [0.25, 0.3) is 0 Å². The van der Waals surface area contributed by atoms with Gasteiger partial charge in [-0.2, -0.15) is 0 Å². The van der Waals surface area contributed by atoms with Crippen LogP contribution in [0.3, 0.4) is 0 Å². The van der Waals surface area contributed by atoms with Gasteiger partial charge in [-0.3, -0.25) is 4.90 Å². The minimum Gasteiger partial charge on any atom is -0.329 e. The molecule has 2 N–H and O–H groups in total. The molecular formula is C16H32N2. The lowest BCUT2D eigenvalue weighted by Crippen LogP contribution is -2.51. The molecule has 1 heterocycles. The molecule has 0 aromatic carbocycles. The van der Waals surface area contributed by atoms with Crippen molar-refractivity contribution in [1.29, 1.82) is 0 Å². The molecule has 0 spiro atoms. The summed E-state index contributed by atoms with van der Waals surface area (Å²) >= 11 is 0. The average Bonchev–Trinajstić information content (AvgIpc) is 2.40. The van der Waals surface area contributed by atoms with Gasteiger partial charge in [-0.25, -0.2) is 0 Å². The first-order chi connectivity index (χ1) is 8.76. The molecule has 0 bridgehead atoms. The lowest BCUT2D eigenvalue weighted by molar-refractivity contribution is 0.0402. The highest BCUT2D eigenvalue weighted by molar-refractivity contribution is 4.88. The summed E-state index contributed by atoms with van der Waals surface area (Å²) in [6, 6.07) is 0.632. The first kappa shape index (κ1) is 14.3. The van der Waals surface area contributed by atoms with Crippen LogP contribution in [0.25, 0.3) is 0 Å². The second-order valence-corrected chi connectivity index (χ2v) is 6.66. The minimum absolute atomic E-state index is 0.632. The van der Waals surface area contributed by atoms with E-state index in [0.717, 1.165) is 24.3 Å². The topological polar surface area (TPSA) is 29.3 Å². The molecule has 2 aliphatic rings. The van der Waals surface area contributed by atoms with E-state index in [4.69, 9.17) is 5.73 Å². The van der Waals surface area contributed by atoms with Gasteiger partial charge in [0, 0.05) is 19.1 Å². The molecule has 1 saturated carbocycles. The standard InChI is InChI=1S/C16H32N2/c1-3-6-13(2)16(11-17)18-10-9-14-7-4-5-8-15(14)12-18/h13-16H,3-12,17H2,1-2H3. The molecule has 18 heavy (non-hydrogen) atoms. The van der Waals surface area contributed by atoms with Gasteiger partial charge in [0.15, 0.2) is 0 Å². The maximum absolute atomic E-state index is 6.06.